The molecule has 180 valence electrons. The molecule has 0 aliphatic heterocycles. The van der Waals surface area contributed by atoms with Crippen molar-refractivity contribution in [1.82, 2.24) is 24.6 Å². The lowest BCUT2D eigenvalue weighted by molar-refractivity contribution is -0.138. The molecule has 1 aliphatic carbocycles. The van der Waals surface area contributed by atoms with Gasteiger partial charge in [-0.1, -0.05) is 29.4 Å². The highest BCUT2D eigenvalue weighted by atomic mass is 31.2. The molecule has 0 bridgehead atoms. The van der Waals surface area contributed by atoms with Crippen molar-refractivity contribution in [3.05, 3.63) is 48.0 Å². The predicted octanol–water partition coefficient (Wildman–Crippen LogP) is 2.39. The van der Waals surface area contributed by atoms with Gasteiger partial charge >= 0.3 is 13.5 Å². The Balaban J connectivity index is 1.46. The third-order valence-corrected chi connectivity index (χ3v) is 7.03. The van der Waals surface area contributed by atoms with E-state index >= 15 is 0 Å². The topological polar surface area (TPSA) is 167 Å². The molecule has 0 saturated heterocycles. The number of benzene rings is 1. The highest BCUT2D eigenvalue weighted by Gasteiger charge is 2.32. The van der Waals surface area contributed by atoms with Crippen LogP contribution in [0, 0.1) is 0 Å². The molecule has 3 aromatic rings. The zero-order valence-corrected chi connectivity index (χ0v) is 19.7. The third-order valence-electron chi connectivity index (χ3n) is 5.42. The van der Waals surface area contributed by atoms with Crippen molar-refractivity contribution in [2.45, 2.75) is 45.4 Å². The number of aliphatic carboxylic acids is 1. The van der Waals surface area contributed by atoms with Crippen molar-refractivity contribution in [1.29, 1.82) is 0 Å². The molecule has 1 aromatic carbocycles. The fraction of sp³-hybridized carbons (Fsp3) is 0.381. The number of ether oxygens (including phenoxy) is 1. The van der Waals surface area contributed by atoms with Gasteiger partial charge in [-0.25, -0.2) is 20.0 Å². The van der Waals surface area contributed by atoms with Gasteiger partial charge in [-0.05, 0) is 32.3 Å². The van der Waals surface area contributed by atoms with E-state index in [0.717, 1.165) is 17.5 Å². The van der Waals surface area contributed by atoms with Crippen molar-refractivity contribution < 1.29 is 23.8 Å². The highest BCUT2D eigenvalue weighted by Crippen LogP contribution is 2.44. The molecule has 0 amide bonds. The first kappa shape index (κ1) is 23.8. The van der Waals surface area contributed by atoms with Crippen LogP contribution in [-0.4, -0.2) is 54.8 Å². The average molecular weight is 487 g/mol. The summed E-state index contributed by atoms with van der Waals surface area (Å²) in [5, 5.41) is 15.9. The first-order valence-electron chi connectivity index (χ1n) is 10.7. The minimum atomic E-state index is -3.80. The number of anilines is 1. The number of rotatable bonds is 10. The zero-order valence-electron chi connectivity index (χ0n) is 18.8. The summed E-state index contributed by atoms with van der Waals surface area (Å²) in [4.78, 5) is 23.7. The van der Waals surface area contributed by atoms with Gasteiger partial charge in [0.2, 0.25) is 0 Å². The van der Waals surface area contributed by atoms with Crippen LogP contribution in [-0.2, 0) is 31.7 Å². The summed E-state index contributed by atoms with van der Waals surface area (Å²) in [7, 11) is -3.80. The lowest BCUT2D eigenvalue weighted by atomic mass is 10.1. The lowest BCUT2D eigenvalue weighted by Crippen LogP contribution is -2.33. The largest absolute Gasteiger partial charge is 0.480 e. The van der Waals surface area contributed by atoms with Crippen LogP contribution in [0.5, 0.6) is 0 Å². The van der Waals surface area contributed by atoms with Crippen LogP contribution in [0.4, 0.5) is 5.82 Å². The van der Waals surface area contributed by atoms with E-state index < -0.39 is 25.6 Å². The molecule has 0 radical (unpaired) electrons. The molecule has 4 N–H and O–H groups in total. The van der Waals surface area contributed by atoms with Crippen molar-refractivity contribution in [2.75, 3.05) is 12.1 Å². The molecule has 2 aromatic heterocycles. The number of oxime groups is 1. The Morgan fingerprint density at radius 2 is 2.09 bits per heavy atom. The lowest BCUT2D eigenvalue weighted by Gasteiger charge is -2.22. The van der Waals surface area contributed by atoms with Crippen molar-refractivity contribution >= 4 is 36.2 Å². The number of nitrogens with one attached hydrogen (secondary N) is 1. The number of nitrogen functional groups attached to an aromatic ring is 1. The Bertz CT molecular complexity index is 1280. The minimum absolute atomic E-state index is 0.273. The Morgan fingerprint density at radius 3 is 2.88 bits per heavy atom. The van der Waals surface area contributed by atoms with E-state index in [9.17, 15) is 14.5 Å². The Hall–Kier alpha value is -3.34. The van der Waals surface area contributed by atoms with Crippen LogP contribution in [0.2, 0.25) is 0 Å². The summed E-state index contributed by atoms with van der Waals surface area (Å²) in [6, 6.07) is 6.65. The number of nitrogens with two attached hydrogens (primary N) is 1. The van der Waals surface area contributed by atoms with Crippen LogP contribution >= 0.6 is 7.52 Å². The van der Waals surface area contributed by atoms with Crippen LogP contribution < -0.4 is 10.8 Å². The van der Waals surface area contributed by atoms with E-state index in [1.165, 1.54) is 13.3 Å². The number of imidazole rings is 1. The van der Waals surface area contributed by atoms with Gasteiger partial charge in [0.05, 0.1) is 24.7 Å². The van der Waals surface area contributed by atoms with E-state index in [1.54, 1.807) is 17.8 Å². The molecule has 12 nitrogen and oxygen atoms in total. The van der Waals surface area contributed by atoms with Crippen LogP contribution in [0.3, 0.4) is 0 Å². The Labute approximate surface area is 195 Å². The Morgan fingerprint density at radius 1 is 1.29 bits per heavy atom. The fourth-order valence-corrected chi connectivity index (χ4v) is 5.19. The number of carboxylic acid groups (broad SMARTS) is 1. The van der Waals surface area contributed by atoms with Gasteiger partial charge in [-0.15, -0.1) is 0 Å². The molecule has 3 atom stereocenters. The van der Waals surface area contributed by atoms with Crippen LogP contribution in [0.15, 0.2) is 42.1 Å². The van der Waals surface area contributed by atoms with E-state index in [1.807, 2.05) is 24.3 Å². The predicted molar refractivity (Wildman–Crippen MR) is 125 cm³/mol. The minimum Gasteiger partial charge on any atom is -0.480 e. The van der Waals surface area contributed by atoms with Crippen molar-refractivity contribution in [2.24, 2.45) is 5.16 Å². The SMILES string of the molecule is C[C@H](Cn1cnc2c(N)ncnc21)OCP(=O)(N[C@@H](C)C(=O)O)O/N=C1\CCc2ccccc21. The van der Waals surface area contributed by atoms with E-state index in [-0.39, 0.29) is 12.2 Å². The van der Waals surface area contributed by atoms with Crippen molar-refractivity contribution in [3.63, 3.8) is 0 Å². The second-order valence-electron chi connectivity index (χ2n) is 8.07. The summed E-state index contributed by atoms with van der Waals surface area (Å²) >= 11 is 0. The molecule has 0 saturated carbocycles. The van der Waals surface area contributed by atoms with Crippen LogP contribution in [0.25, 0.3) is 11.2 Å². The molecule has 0 fully saturated rings. The van der Waals surface area contributed by atoms with Gasteiger partial charge in [-0.3, -0.25) is 9.36 Å². The molecule has 2 heterocycles. The third kappa shape index (κ3) is 5.24. The van der Waals surface area contributed by atoms with Gasteiger partial charge in [0, 0.05) is 5.56 Å². The number of aromatic nitrogens is 4. The summed E-state index contributed by atoms with van der Waals surface area (Å²) in [6.07, 6.45) is 3.55. The van der Waals surface area contributed by atoms with Crippen molar-refractivity contribution in [3.8, 4) is 0 Å². The molecular formula is C21H26N7O5P. The smallest absolute Gasteiger partial charge is 0.364 e. The van der Waals surface area contributed by atoms with Gasteiger partial charge in [0.1, 0.15) is 24.2 Å². The number of fused-ring (bicyclic) bond motifs is 2. The molecule has 1 aliphatic rings. The standard InChI is InChI=1S/C21H26N7O5P/c1-13(9-28-11-25-18-19(22)23-10-24-20(18)28)32-12-34(31,27-14(2)21(29)30)33-26-17-8-7-15-5-3-4-6-16(15)17/h3-6,10-11,13-14H,7-9,12H2,1-2H3,(H,27,31)(H,29,30)(H2,22,23,24)/b26-17+/t13-,14+,34?/m1/s1. The van der Waals surface area contributed by atoms with Gasteiger partial charge in [0.25, 0.3) is 0 Å². The Kier molecular flexibility index (Phi) is 6.92. The van der Waals surface area contributed by atoms with E-state index in [2.05, 4.69) is 25.2 Å². The van der Waals surface area contributed by atoms with Gasteiger partial charge in [0.15, 0.2) is 11.5 Å². The molecule has 1 unspecified atom stereocenters. The maximum absolute atomic E-state index is 13.5. The number of carbonyl (C=O) groups is 1. The molecular weight excluding hydrogens is 461 g/mol. The number of hydrogen-bond donors (Lipinski definition) is 3. The highest BCUT2D eigenvalue weighted by molar-refractivity contribution is 7.56. The number of carboxylic acids is 1. The number of hydrogen-bond acceptors (Lipinski definition) is 9. The number of aryl methyl sites for hydroxylation is 1. The quantitative estimate of drug-likeness (QED) is 0.285. The van der Waals surface area contributed by atoms with E-state index in [4.69, 9.17) is 15.1 Å². The van der Waals surface area contributed by atoms with Crippen LogP contribution in [0.1, 0.15) is 31.4 Å². The molecule has 13 heteroatoms. The zero-order chi connectivity index (χ0) is 24.3. The summed E-state index contributed by atoms with van der Waals surface area (Å²) in [6.45, 7) is 3.49. The fourth-order valence-electron chi connectivity index (χ4n) is 3.64. The maximum Gasteiger partial charge on any atom is 0.364 e. The summed E-state index contributed by atoms with van der Waals surface area (Å²) in [5.74, 6) is -0.896. The number of nitrogens with zero attached hydrogens (tertiary/aromatic N) is 5. The second kappa shape index (κ2) is 9.88. The monoisotopic (exact) mass is 487 g/mol. The normalized spacial score (nSPS) is 17.9. The van der Waals surface area contributed by atoms with Gasteiger partial charge < -0.3 is 24.8 Å². The molecule has 4 rings (SSSR count). The first-order chi connectivity index (χ1) is 16.3. The average Bonchev–Trinajstić information content (AvgIpc) is 3.41. The van der Waals surface area contributed by atoms with E-state index in [0.29, 0.717) is 29.8 Å². The molecule has 34 heavy (non-hydrogen) atoms. The maximum atomic E-state index is 13.5. The first-order valence-corrected chi connectivity index (χ1v) is 12.5. The van der Waals surface area contributed by atoms with Gasteiger partial charge in [-0.2, -0.15) is 0 Å². The molecule has 0 spiro atoms. The second-order valence-corrected chi connectivity index (χ2v) is 10.1. The summed E-state index contributed by atoms with van der Waals surface area (Å²) < 4.78 is 26.5. The summed E-state index contributed by atoms with van der Waals surface area (Å²) in [5.41, 5.74) is 9.58.